The molecule has 1 heterocycles. The molecule has 2 amide bonds. The van der Waals surface area contributed by atoms with E-state index in [1.165, 1.54) is 4.90 Å². The van der Waals surface area contributed by atoms with Crippen molar-refractivity contribution < 1.29 is 9.59 Å². The van der Waals surface area contributed by atoms with Crippen molar-refractivity contribution >= 4 is 11.8 Å². The maximum absolute atomic E-state index is 11.9. The van der Waals surface area contributed by atoms with Crippen molar-refractivity contribution in [1.82, 2.24) is 10.2 Å². The molecule has 1 fully saturated rings. The molecule has 1 N–H and O–H groups in total. The minimum Gasteiger partial charge on any atom is -0.305 e. The van der Waals surface area contributed by atoms with E-state index in [1.54, 1.807) is 0 Å². The first-order valence-electron chi connectivity index (χ1n) is 6.37. The van der Waals surface area contributed by atoms with E-state index >= 15 is 0 Å². The maximum atomic E-state index is 11.9. The zero-order chi connectivity index (χ0) is 13.2. The lowest BCUT2D eigenvalue weighted by molar-refractivity contribution is -0.138. The molecule has 17 heavy (non-hydrogen) atoms. The number of carbonyl (C=O) groups is 2. The van der Waals surface area contributed by atoms with Crippen LogP contribution < -0.4 is 5.32 Å². The summed E-state index contributed by atoms with van der Waals surface area (Å²) in [5, 5.41) is 3.24. The van der Waals surface area contributed by atoms with Gasteiger partial charge in [-0.25, -0.2) is 0 Å². The molecule has 1 aliphatic rings. The number of carbonyl (C=O) groups excluding carboxylic acids is 2. The van der Waals surface area contributed by atoms with E-state index in [0.29, 0.717) is 18.9 Å². The molecule has 0 spiro atoms. The van der Waals surface area contributed by atoms with Crippen LogP contribution in [0.5, 0.6) is 0 Å². The normalized spacial score (nSPS) is 21.8. The third-order valence-corrected chi connectivity index (χ3v) is 3.93. The topological polar surface area (TPSA) is 49.4 Å². The first-order valence-corrected chi connectivity index (χ1v) is 6.37. The molecule has 1 rings (SSSR count). The van der Waals surface area contributed by atoms with E-state index in [-0.39, 0.29) is 23.3 Å². The number of nitrogens with zero attached hydrogens (tertiary/aromatic N) is 1. The first kappa shape index (κ1) is 14.2. The average Bonchev–Trinajstić information content (AvgIpc) is 2.50. The van der Waals surface area contributed by atoms with Crippen molar-refractivity contribution in [2.45, 2.75) is 47.1 Å². The Morgan fingerprint density at radius 2 is 2.00 bits per heavy atom. The minimum absolute atomic E-state index is 0.0580. The molecule has 0 aromatic carbocycles. The maximum Gasteiger partial charge on any atom is 0.246 e. The summed E-state index contributed by atoms with van der Waals surface area (Å²) < 4.78 is 0. The van der Waals surface area contributed by atoms with Gasteiger partial charge in [-0.1, -0.05) is 27.7 Å². The van der Waals surface area contributed by atoms with Crippen LogP contribution in [0.25, 0.3) is 0 Å². The minimum atomic E-state index is -0.319. The van der Waals surface area contributed by atoms with Crippen LogP contribution in [0.2, 0.25) is 0 Å². The van der Waals surface area contributed by atoms with Gasteiger partial charge in [0.05, 0.1) is 12.5 Å². The summed E-state index contributed by atoms with van der Waals surface area (Å²) in [5.41, 5.74) is 0.128. The van der Waals surface area contributed by atoms with Gasteiger partial charge in [-0.2, -0.15) is 0 Å². The van der Waals surface area contributed by atoms with Crippen molar-refractivity contribution in [1.29, 1.82) is 0 Å². The number of rotatable bonds is 5. The number of hydrogen-bond donors (Lipinski definition) is 1. The molecule has 1 atom stereocenters. The van der Waals surface area contributed by atoms with Crippen LogP contribution in [0.1, 0.15) is 41.0 Å². The lowest BCUT2D eigenvalue weighted by Crippen LogP contribution is -2.43. The molecule has 1 aliphatic heterocycles. The molecule has 1 saturated heterocycles. The highest BCUT2D eigenvalue weighted by atomic mass is 16.2. The molecule has 0 bridgehead atoms. The highest BCUT2D eigenvalue weighted by Gasteiger charge is 2.38. The SMILES string of the molecule is CCN1C(=O)CC(NCC(C)(C)C(C)C)C1=O. The Bertz CT molecular complexity index is 311. The summed E-state index contributed by atoms with van der Waals surface area (Å²) in [7, 11) is 0. The number of imide groups is 1. The van der Waals surface area contributed by atoms with E-state index in [1.807, 2.05) is 6.92 Å². The molecule has 98 valence electrons. The van der Waals surface area contributed by atoms with E-state index < -0.39 is 0 Å². The van der Waals surface area contributed by atoms with Crippen LogP contribution in [0.15, 0.2) is 0 Å². The summed E-state index contributed by atoms with van der Waals surface area (Å²) in [6.07, 6.45) is 0.306. The fourth-order valence-corrected chi connectivity index (χ4v) is 1.77. The highest BCUT2D eigenvalue weighted by molar-refractivity contribution is 6.05. The Kier molecular flexibility index (Phi) is 4.31. The van der Waals surface area contributed by atoms with Gasteiger partial charge in [0.1, 0.15) is 0 Å². The number of likely N-dealkylation sites (tertiary alicyclic amines) is 1. The average molecular weight is 240 g/mol. The van der Waals surface area contributed by atoms with E-state index in [2.05, 4.69) is 33.0 Å². The van der Waals surface area contributed by atoms with Crippen molar-refractivity contribution in [3.63, 3.8) is 0 Å². The zero-order valence-corrected chi connectivity index (χ0v) is 11.5. The number of nitrogens with one attached hydrogen (secondary N) is 1. The Morgan fingerprint density at radius 3 is 2.41 bits per heavy atom. The van der Waals surface area contributed by atoms with Gasteiger partial charge in [-0.15, -0.1) is 0 Å². The number of amides is 2. The molecule has 0 saturated carbocycles. The molecular formula is C13H24N2O2. The Morgan fingerprint density at radius 1 is 1.41 bits per heavy atom. The zero-order valence-electron chi connectivity index (χ0n) is 11.5. The van der Waals surface area contributed by atoms with Crippen molar-refractivity contribution in [2.75, 3.05) is 13.1 Å². The standard InChI is InChI=1S/C13H24N2O2/c1-6-15-11(16)7-10(12(15)17)14-8-13(4,5)9(2)3/h9-10,14H,6-8H2,1-5H3. The van der Waals surface area contributed by atoms with Crippen molar-refractivity contribution in [2.24, 2.45) is 11.3 Å². The van der Waals surface area contributed by atoms with Crippen LogP contribution in [0.3, 0.4) is 0 Å². The van der Waals surface area contributed by atoms with E-state index in [0.717, 1.165) is 6.54 Å². The predicted molar refractivity (Wildman–Crippen MR) is 67.4 cm³/mol. The molecule has 0 aliphatic carbocycles. The van der Waals surface area contributed by atoms with Gasteiger partial charge in [-0.3, -0.25) is 14.5 Å². The number of hydrogen-bond acceptors (Lipinski definition) is 3. The first-order chi connectivity index (χ1) is 7.79. The van der Waals surface area contributed by atoms with Gasteiger partial charge >= 0.3 is 0 Å². The van der Waals surface area contributed by atoms with Crippen LogP contribution in [-0.2, 0) is 9.59 Å². The Labute approximate surface area is 104 Å². The second kappa shape index (κ2) is 5.17. The highest BCUT2D eigenvalue weighted by Crippen LogP contribution is 2.25. The quantitative estimate of drug-likeness (QED) is 0.739. The van der Waals surface area contributed by atoms with Gasteiger partial charge in [0.15, 0.2) is 0 Å². The Hall–Kier alpha value is -0.900. The monoisotopic (exact) mass is 240 g/mol. The van der Waals surface area contributed by atoms with Gasteiger partial charge in [0.25, 0.3) is 0 Å². The summed E-state index contributed by atoms with van der Waals surface area (Å²) in [5.74, 6) is 0.402. The van der Waals surface area contributed by atoms with E-state index in [9.17, 15) is 9.59 Å². The molecule has 0 aromatic rings. The fraction of sp³-hybridized carbons (Fsp3) is 0.846. The molecule has 0 radical (unpaired) electrons. The summed E-state index contributed by atoms with van der Waals surface area (Å²) in [6.45, 7) is 11.7. The molecular weight excluding hydrogens is 216 g/mol. The molecule has 4 nitrogen and oxygen atoms in total. The van der Waals surface area contributed by atoms with Gasteiger partial charge < -0.3 is 5.32 Å². The second-order valence-corrected chi connectivity index (χ2v) is 5.76. The van der Waals surface area contributed by atoms with Gasteiger partial charge in [0.2, 0.25) is 11.8 Å². The van der Waals surface area contributed by atoms with Crippen LogP contribution in [0, 0.1) is 11.3 Å². The van der Waals surface area contributed by atoms with Gasteiger partial charge in [0, 0.05) is 13.1 Å². The van der Waals surface area contributed by atoms with Crippen LogP contribution >= 0.6 is 0 Å². The molecule has 0 aromatic heterocycles. The second-order valence-electron chi connectivity index (χ2n) is 5.76. The summed E-state index contributed by atoms with van der Waals surface area (Å²) in [6, 6.07) is -0.319. The predicted octanol–water partition coefficient (Wildman–Crippen LogP) is 1.41. The fourth-order valence-electron chi connectivity index (χ4n) is 1.77. The lowest BCUT2D eigenvalue weighted by Gasteiger charge is -2.30. The van der Waals surface area contributed by atoms with Gasteiger partial charge in [-0.05, 0) is 18.3 Å². The smallest absolute Gasteiger partial charge is 0.246 e. The largest absolute Gasteiger partial charge is 0.305 e. The molecule has 1 unspecified atom stereocenters. The van der Waals surface area contributed by atoms with Crippen molar-refractivity contribution in [3.05, 3.63) is 0 Å². The number of likely N-dealkylation sites (N-methyl/N-ethyl adjacent to an activating group) is 1. The van der Waals surface area contributed by atoms with Crippen LogP contribution in [0.4, 0.5) is 0 Å². The van der Waals surface area contributed by atoms with E-state index in [4.69, 9.17) is 0 Å². The van der Waals surface area contributed by atoms with Crippen LogP contribution in [-0.4, -0.2) is 35.8 Å². The lowest BCUT2D eigenvalue weighted by atomic mass is 9.81. The summed E-state index contributed by atoms with van der Waals surface area (Å²) >= 11 is 0. The molecule has 4 heteroatoms. The van der Waals surface area contributed by atoms with Crippen molar-refractivity contribution in [3.8, 4) is 0 Å². The Balaban J connectivity index is 2.55. The third-order valence-electron chi connectivity index (χ3n) is 3.93. The summed E-state index contributed by atoms with van der Waals surface area (Å²) in [4.78, 5) is 24.8. The third kappa shape index (κ3) is 3.06.